The van der Waals surface area contributed by atoms with Gasteiger partial charge in [-0.3, -0.25) is 4.98 Å². The fraction of sp³-hybridized carbons (Fsp3) is 0.167. The molecule has 2 rings (SSSR count). The third kappa shape index (κ3) is 2.63. The van der Waals surface area contributed by atoms with Crippen molar-refractivity contribution in [1.82, 2.24) is 4.98 Å². The number of carboxylic acid groups (broad SMARTS) is 1. The van der Waals surface area contributed by atoms with Gasteiger partial charge in [-0.05, 0) is 19.1 Å². The van der Waals surface area contributed by atoms with Crippen LogP contribution in [-0.2, 0) is 6.61 Å². The summed E-state index contributed by atoms with van der Waals surface area (Å²) in [5.74, 6) is -0.135. The minimum Gasteiger partial charge on any atom is -0.485 e. The highest BCUT2D eigenvalue weighted by Gasteiger charge is 2.12. The van der Waals surface area contributed by atoms with Crippen LogP contribution < -0.4 is 4.74 Å². The zero-order valence-electron chi connectivity index (χ0n) is 9.21. The van der Waals surface area contributed by atoms with Crippen LogP contribution in [0.3, 0.4) is 0 Å². The molecule has 0 saturated heterocycles. The molecule has 0 atom stereocenters. The molecule has 88 valence electrons. The molecule has 5 heteroatoms. The van der Waals surface area contributed by atoms with Crippen molar-refractivity contribution in [2.24, 2.45) is 0 Å². The molecule has 2 heterocycles. The van der Waals surface area contributed by atoms with Crippen LogP contribution in [0.25, 0.3) is 0 Å². The third-order valence-electron chi connectivity index (χ3n) is 2.18. The zero-order valence-corrected chi connectivity index (χ0v) is 9.21. The van der Waals surface area contributed by atoms with Gasteiger partial charge in [0.2, 0.25) is 0 Å². The topological polar surface area (TPSA) is 72.6 Å². The summed E-state index contributed by atoms with van der Waals surface area (Å²) in [6.07, 6.45) is 2.82. The SMILES string of the molecule is Cc1cc(OCc2ccco2)c(C(=O)O)cn1. The van der Waals surface area contributed by atoms with Crippen LogP contribution in [0.5, 0.6) is 5.75 Å². The number of rotatable bonds is 4. The summed E-state index contributed by atoms with van der Waals surface area (Å²) in [5.41, 5.74) is 0.742. The molecule has 0 fully saturated rings. The summed E-state index contributed by atoms with van der Waals surface area (Å²) in [7, 11) is 0. The molecule has 0 amide bonds. The van der Waals surface area contributed by atoms with E-state index in [-0.39, 0.29) is 12.2 Å². The highest BCUT2D eigenvalue weighted by Crippen LogP contribution is 2.20. The second-order valence-electron chi connectivity index (χ2n) is 3.50. The van der Waals surface area contributed by atoms with Crippen molar-refractivity contribution < 1.29 is 19.1 Å². The maximum Gasteiger partial charge on any atom is 0.341 e. The maximum atomic E-state index is 11.0. The predicted octanol–water partition coefficient (Wildman–Crippen LogP) is 2.26. The van der Waals surface area contributed by atoms with E-state index in [1.54, 1.807) is 25.1 Å². The summed E-state index contributed by atoms with van der Waals surface area (Å²) in [5, 5.41) is 8.97. The lowest BCUT2D eigenvalue weighted by molar-refractivity contribution is 0.0690. The van der Waals surface area contributed by atoms with Crippen LogP contribution in [0.2, 0.25) is 0 Å². The Morgan fingerprint density at radius 3 is 3.06 bits per heavy atom. The summed E-state index contributed by atoms with van der Waals surface area (Å²) >= 11 is 0. The predicted molar refractivity (Wildman–Crippen MR) is 59.0 cm³/mol. The molecule has 0 saturated carbocycles. The molecule has 2 aromatic heterocycles. The van der Waals surface area contributed by atoms with Gasteiger partial charge < -0.3 is 14.3 Å². The Labute approximate surface area is 97.7 Å². The van der Waals surface area contributed by atoms with E-state index in [1.807, 2.05) is 0 Å². The summed E-state index contributed by atoms with van der Waals surface area (Å²) in [6.45, 7) is 1.96. The van der Waals surface area contributed by atoms with Gasteiger partial charge >= 0.3 is 5.97 Å². The maximum absolute atomic E-state index is 11.0. The lowest BCUT2D eigenvalue weighted by Gasteiger charge is -2.08. The summed E-state index contributed by atoms with van der Waals surface area (Å²) < 4.78 is 10.5. The number of nitrogens with zero attached hydrogens (tertiary/aromatic N) is 1. The van der Waals surface area contributed by atoms with Gasteiger partial charge in [0.1, 0.15) is 23.7 Å². The minimum atomic E-state index is -1.06. The van der Waals surface area contributed by atoms with Crippen molar-refractivity contribution >= 4 is 5.97 Å². The Morgan fingerprint density at radius 2 is 2.41 bits per heavy atom. The Balaban J connectivity index is 2.19. The van der Waals surface area contributed by atoms with Crippen LogP contribution in [0.1, 0.15) is 21.8 Å². The molecule has 0 aliphatic carbocycles. The molecule has 0 unspecified atom stereocenters. The largest absolute Gasteiger partial charge is 0.485 e. The van der Waals surface area contributed by atoms with Gasteiger partial charge in [0, 0.05) is 18.0 Å². The Kier molecular flexibility index (Phi) is 3.09. The van der Waals surface area contributed by atoms with Crippen LogP contribution in [0.4, 0.5) is 0 Å². The van der Waals surface area contributed by atoms with Gasteiger partial charge in [0.15, 0.2) is 0 Å². The first kappa shape index (κ1) is 11.2. The normalized spacial score (nSPS) is 10.2. The first-order valence-corrected chi connectivity index (χ1v) is 5.02. The van der Waals surface area contributed by atoms with Crippen LogP contribution in [0.15, 0.2) is 35.1 Å². The first-order valence-electron chi connectivity index (χ1n) is 5.02. The minimum absolute atomic E-state index is 0.0437. The van der Waals surface area contributed by atoms with Crippen molar-refractivity contribution in [3.05, 3.63) is 47.7 Å². The number of aromatic carboxylic acids is 1. The number of furan rings is 1. The third-order valence-corrected chi connectivity index (χ3v) is 2.18. The van der Waals surface area contributed by atoms with E-state index < -0.39 is 5.97 Å². The quantitative estimate of drug-likeness (QED) is 0.876. The fourth-order valence-electron chi connectivity index (χ4n) is 1.36. The van der Waals surface area contributed by atoms with Gasteiger partial charge in [-0.2, -0.15) is 0 Å². The molecule has 1 N–H and O–H groups in total. The van der Waals surface area contributed by atoms with Crippen molar-refractivity contribution in [2.45, 2.75) is 13.5 Å². The summed E-state index contributed by atoms with van der Waals surface area (Å²) in [4.78, 5) is 14.9. The number of aryl methyl sites for hydroxylation is 1. The van der Waals surface area contributed by atoms with E-state index >= 15 is 0 Å². The molecule has 0 bridgehead atoms. The standard InChI is InChI=1S/C12H11NO4/c1-8-5-11(10(6-13-8)12(14)15)17-7-9-3-2-4-16-9/h2-6H,7H2,1H3,(H,14,15). The monoisotopic (exact) mass is 233 g/mol. The molecule has 5 nitrogen and oxygen atoms in total. The molecule has 0 aromatic carbocycles. The average Bonchev–Trinajstić information content (AvgIpc) is 2.78. The summed E-state index contributed by atoms with van der Waals surface area (Å²) in [6, 6.07) is 5.09. The number of carbonyl (C=O) groups is 1. The van der Waals surface area contributed by atoms with Crippen LogP contribution in [-0.4, -0.2) is 16.1 Å². The van der Waals surface area contributed by atoms with Crippen molar-refractivity contribution in [3.8, 4) is 5.75 Å². The lowest BCUT2D eigenvalue weighted by Crippen LogP contribution is -2.04. The van der Waals surface area contributed by atoms with Crippen molar-refractivity contribution in [2.75, 3.05) is 0 Å². The number of pyridine rings is 1. The number of ether oxygens (including phenoxy) is 1. The molecular weight excluding hydrogens is 222 g/mol. The van der Waals surface area contributed by atoms with E-state index in [1.165, 1.54) is 12.5 Å². The van der Waals surface area contributed by atoms with Gasteiger partial charge in [-0.25, -0.2) is 4.79 Å². The molecule has 0 radical (unpaired) electrons. The van der Waals surface area contributed by atoms with Crippen LogP contribution >= 0.6 is 0 Å². The molecule has 17 heavy (non-hydrogen) atoms. The average molecular weight is 233 g/mol. The number of hydrogen-bond acceptors (Lipinski definition) is 4. The van der Waals surface area contributed by atoms with E-state index in [4.69, 9.17) is 14.3 Å². The zero-order chi connectivity index (χ0) is 12.3. The Bertz CT molecular complexity index is 519. The molecular formula is C12H11NO4. The van der Waals surface area contributed by atoms with E-state index in [0.717, 1.165) is 0 Å². The molecule has 2 aromatic rings. The van der Waals surface area contributed by atoms with Crippen LogP contribution in [0, 0.1) is 6.92 Å². The second kappa shape index (κ2) is 4.69. The molecule has 0 aliphatic rings. The molecule has 0 spiro atoms. The van der Waals surface area contributed by atoms with Gasteiger partial charge in [0.25, 0.3) is 0 Å². The lowest BCUT2D eigenvalue weighted by atomic mass is 10.2. The highest BCUT2D eigenvalue weighted by atomic mass is 16.5. The number of hydrogen-bond donors (Lipinski definition) is 1. The fourth-order valence-corrected chi connectivity index (χ4v) is 1.36. The van der Waals surface area contributed by atoms with Crippen molar-refractivity contribution in [1.29, 1.82) is 0 Å². The number of aromatic nitrogens is 1. The second-order valence-corrected chi connectivity index (χ2v) is 3.50. The number of carboxylic acids is 1. The first-order chi connectivity index (χ1) is 8.16. The van der Waals surface area contributed by atoms with Crippen molar-refractivity contribution in [3.63, 3.8) is 0 Å². The Hall–Kier alpha value is -2.30. The van der Waals surface area contributed by atoms with E-state index in [0.29, 0.717) is 17.2 Å². The van der Waals surface area contributed by atoms with Gasteiger partial charge in [-0.1, -0.05) is 0 Å². The van der Waals surface area contributed by atoms with E-state index in [2.05, 4.69) is 4.98 Å². The highest BCUT2D eigenvalue weighted by molar-refractivity contribution is 5.90. The Morgan fingerprint density at radius 1 is 1.59 bits per heavy atom. The smallest absolute Gasteiger partial charge is 0.341 e. The molecule has 0 aliphatic heterocycles. The van der Waals surface area contributed by atoms with Gasteiger partial charge in [-0.15, -0.1) is 0 Å². The van der Waals surface area contributed by atoms with Gasteiger partial charge in [0.05, 0.1) is 6.26 Å². The van der Waals surface area contributed by atoms with E-state index in [9.17, 15) is 4.79 Å².